The molecule has 1 aliphatic heterocycles. The average molecular weight is 371 g/mol. The lowest BCUT2D eigenvalue weighted by atomic mass is 10.2. The van der Waals surface area contributed by atoms with Crippen molar-refractivity contribution in [3.8, 4) is 5.75 Å². The summed E-state index contributed by atoms with van der Waals surface area (Å²) in [7, 11) is 0. The van der Waals surface area contributed by atoms with E-state index >= 15 is 0 Å². The van der Waals surface area contributed by atoms with Crippen LogP contribution >= 0.6 is 0 Å². The number of carbonyl (C=O) groups is 2. The van der Waals surface area contributed by atoms with Gasteiger partial charge >= 0.3 is 6.03 Å². The number of piperazine rings is 1. The highest BCUT2D eigenvalue weighted by Crippen LogP contribution is 2.18. The molecule has 0 atom stereocenters. The normalized spacial score (nSPS) is 14.2. The van der Waals surface area contributed by atoms with Crippen molar-refractivity contribution in [2.75, 3.05) is 38.1 Å². The highest BCUT2D eigenvalue weighted by Gasteiger charge is 2.26. The van der Waals surface area contributed by atoms with Crippen LogP contribution < -0.4 is 10.1 Å². The molecule has 27 heavy (non-hydrogen) atoms. The Morgan fingerprint density at radius 1 is 1.07 bits per heavy atom. The molecule has 2 heterocycles. The summed E-state index contributed by atoms with van der Waals surface area (Å²) in [5, 5.41) is 2.88. The van der Waals surface area contributed by atoms with Gasteiger partial charge < -0.3 is 24.3 Å². The largest absolute Gasteiger partial charge is 0.494 e. The van der Waals surface area contributed by atoms with Gasteiger partial charge in [0.1, 0.15) is 17.3 Å². The molecule has 0 spiro atoms. The maximum Gasteiger partial charge on any atom is 0.321 e. The number of nitrogens with one attached hydrogen (secondary N) is 1. The highest BCUT2D eigenvalue weighted by molar-refractivity contribution is 5.95. The van der Waals surface area contributed by atoms with Gasteiger partial charge in [0.05, 0.1) is 12.2 Å². The van der Waals surface area contributed by atoms with Crippen molar-refractivity contribution in [3.05, 3.63) is 47.4 Å². The van der Waals surface area contributed by atoms with Gasteiger partial charge in [-0.1, -0.05) is 0 Å². The summed E-state index contributed by atoms with van der Waals surface area (Å²) in [6.45, 7) is 8.13. The van der Waals surface area contributed by atoms with Crippen LogP contribution in [0, 0.1) is 13.8 Å². The first-order valence-corrected chi connectivity index (χ1v) is 9.13. The van der Waals surface area contributed by atoms with Crippen LogP contribution in [-0.4, -0.2) is 54.5 Å². The Morgan fingerprint density at radius 3 is 2.26 bits per heavy atom. The highest BCUT2D eigenvalue weighted by atomic mass is 16.5. The molecular formula is C20H25N3O4. The minimum Gasteiger partial charge on any atom is -0.494 e. The van der Waals surface area contributed by atoms with Gasteiger partial charge in [-0.2, -0.15) is 0 Å². The molecule has 0 saturated carbocycles. The molecule has 1 aliphatic rings. The molecule has 3 rings (SSSR count). The second-order valence-corrected chi connectivity index (χ2v) is 6.49. The van der Waals surface area contributed by atoms with Crippen LogP contribution in [0.5, 0.6) is 5.75 Å². The third-order valence-electron chi connectivity index (χ3n) is 4.54. The van der Waals surface area contributed by atoms with Gasteiger partial charge in [0, 0.05) is 31.9 Å². The van der Waals surface area contributed by atoms with Crippen LogP contribution in [0.15, 0.2) is 34.7 Å². The van der Waals surface area contributed by atoms with Gasteiger partial charge in [-0.05, 0) is 51.1 Å². The molecule has 7 heteroatoms. The Morgan fingerprint density at radius 2 is 1.70 bits per heavy atom. The van der Waals surface area contributed by atoms with Gasteiger partial charge in [-0.25, -0.2) is 4.79 Å². The number of rotatable bonds is 4. The van der Waals surface area contributed by atoms with Crippen molar-refractivity contribution >= 4 is 17.6 Å². The average Bonchev–Trinajstić information content (AvgIpc) is 3.01. The summed E-state index contributed by atoms with van der Waals surface area (Å²) in [5.41, 5.74) is 1.31. The Kier molecular flexibility index (Phi) is 5.69. The predicted molar refractivity (Wildman–Crippen MR) is 102 cm³/mol. The number of hydrogen-bond donors (Lipinski definition) is 1. The first-order valence-electron chi connectivity index (χ1n) is 9.13. The van der Waals surface area contributed by atoms with Gasteiger partial charge in [-0.3, -0.25) is 4.79 Å². The van der Waals surface area contributed by atoms with Crippen LogP contribution in [0.1, 0.15) is 28.8 Å². The number of hydrogen-bond acceptors (Lipinski definition) is 4. The predicted octanol–water partition coefficient (Wildman–Crippen LogP) is 3.29. The summed E-state index contributed by atoms with van der Waals surface area (Å²) in [6, 6.07) is 8.87. The molecule has 1 aromatic heterocycles. The maximum absolute atomic E-state index is 12.6. The van der Waals surface area contributed by atoms with E-state index in [1.54, 1.807) is 22.8 Å². The topological polar surface area (TPSA) is 75.0 Å². The van der Waals surface area contributed by atoms with Crippen molar-refractivity contribution in [1.82, 2.24) is 9.80 Å². The molecule has 1 saturated heterocycles. The minimum absolute atomic E-state index is 0.0454. The lowest BCUT2D eigenvalue weighted by Crippen LogP contribution is -2.51. The number of urea groups is 1. The maximum atomic E-state index is 12.6. The van der Waals surface area contributed by atoms with E-state index in [4.69, 9.17) is 9.15 Å². The Bertz CT molecular complexity index is 805. The molecule has 7 nitrogen and oxygen atoms in total. The fraction of sp³-hybridized carbons (Fsp3) is 0.400. The van der Waals surface area contributed by atoms with E-state index in [0.29, 0.717) is 49.8 Å². The summed E-state index contributed by atoms with van der Waals surface area (Å²) >= 11 is 0. The Balaban J connectivity index is 1.53. The Labute approximate surface area is 158 Å². The third kappa shape index (κ3) is 4.42. The molecule has 144 valence electrons. The summed E-state index contributed by atoms with van der Waals surface area (Å²) in [6.07, 6.45) is 0. The number of nitrogens with zero attached hydrogens (tertiary/aromatic N) is 2. The number of furan rings is 1. The van der Waals surface area contributed by atoms with E-state index in [1.807, 2.05) is 38.1 Å². The number of amides is 3. The fourth-order valence-corrected chi connectivity index (χ4v) is 3.13. The molecule has 0 unspecified atom stereocenters. The van der Waals surface area contributed by atoms with Crippen molar-refractivity contribution in [3.63, 3.8) is 0 Å². The van der Waals surface area contributed by atoms with Crippen LogP contribution in [0.3, 0.4) is 0 Å². The minimum atomic E-state index is -0.165. The van der Waals surface area contributed by atoms with E-state index in [0.717, 1.165) is 11.5 Å². The zero-order valence-corrected chi connectivity index (χ0v) is 15.9. The number of aryl methyl sites for hydroxylation is 2. The number of ether oxygens (including phenoxy) is 1. The van der Waals surface area contributed by atoms with Crippen molar-refractivity contribution in [2.24, 2.45) is 0 Å². The zero-order valence-electron chi connectivity index (χ0n) is 15.9. The summed E-state index contributed by atoms with van der Waals surface area (Å²) < 4.78 is 10.8. The molecule has 0 aliphatic carbocycles. The van der Waals surface area contributed by atoms with Gasteiger partial charge in [0.25, 0.3) is 5.91 Å². The van der Waals surface area contributed by atoms with Crippen LogP contribution in [0.2, 0.25) is 0 Å². The standard InChI is InChI=1S/C20H25N3O4/c1-4-26-17-7-5-16(6-8-17)21-20(25)23-11-9-22(10-12-23)19(24)18-13-14(2)27-15(18)3/h5-8,13H,4,9-12H2,1-3H3,(H,21,25). The van der Waals surface area contributed by atoms with E-state index in [1.165, 1.54) is 0 Å². The van der Waals surface area contributed by atoms with E-state index < -0.39 is 0 Å². The van der Waals surface area contributed by atoms with E-state index in [9.17, 15) is 9.59 Å². The quantitative estimate of drug-likeness (QED) is 0.895. The Hall–Kier alpha value is -2.96. The van der Waals surface area contributed by atoms with Crippen molar-refractivity contribution in [2.45, 2.75) is 20.8 Å². The zero-order chi connectivity index (χ0) is 19.4. The van der Waals surface area contributed by atoms with Crippen LogP contribution in [0.25, 0.3) is 0 Å². The van der Waals surface area contributed by atoms with Gasteiger partial charge in [0.2, 0.25) is 0 Å². The molecule has 1 fully saturated rings. The molecule has 2 aromatic rings. The lowest BCUT2D eigenvalue weighted by Gasteiger charge is -2.34. The van der Waals surface area contributed by atoms with Crippen molar-refractivity contribution < 1.29 is 18.7 Å². The van der Waals surface area contributed by atoms with Crippen molar-refractivity contribution in [1.29, 1.82) is 0 Å². The fourth-order valence-electron chi connectivity index (χ4n) is 3.13. The SMILES string of the molecule is CCOc1ccc(NC(=O)N2CCN(C(=O)c3cc(C)oc3C)CC2)cc1. The van der Waals surface area contributed by atoms with E-state index in [-0.39, 0.29) is 11.9 Å². The molecule has 1 N–H and O–H groups in total. The number of carbonyl (C=O) groups excluding carboxylic acids is 2. The lowest BCUT2D eigenvalue weighted by molar-refractivity contribution is 0.0670. The summed E-state index contributed by atoms with van der Waals surface area (Å²) in [4.78, 5) is 28.5. The number of anilines is 1. The molecule has 0 bridgehead atoms. The first-order chi connectivity index (χ1) is 13.0. The van der Waals surface area contributed by atoms with E-state index in [2.05, 4.69) is 5.32 Å². The molecule has 1 aromatic carbocycles. The van der Waals surface area contributed by atoms with Crippen LogP contribution in [0.4, 0.5) is 10.5 Å². The smallest absolute Gasteiger partial charge is 0.321 e. The van der Waals surface area contributed by atoms with Crippen LogP contribution in [-0.2, 0) is 0 Å². The monoisotopic (exact) mass is 371 g/mol. The summed E-state index contributed by atoms with van der Waals surface area (Å²) in [5.74, 6) is 2.08. The number of benzene rings is 1. The molecule has 3 amide bonds. The molecular weight excluding hydrogens is 346 g/mol. The second kappa shape index (κ2) is 8.16. The van der Waals surface area contributed by atoms with Gasteiger partial charge in [0.15, 0.2) is 0 Å². The van der Waals surface area contributed by atoms with Gasteiger partial charge in [-0.15, -0.1) is 0 Å². The third-order valence-corrected chi connectivity index (χ3v) is 4.54. The molecule has 0 radical (unpaired) electrons. The first kappa shape index (κ1) is 18.8. The second-order valence-electron chi connectivity index (χ2n) is 6.49.